The van der Waals surface area contributed by atoms with Crippen LogP contribution in [0.2, 0.25) is 5.02 Å². The Morgan fingerprint density at radius 1 is 0.968 bits per heavy atom. The average molecular weight is 438 g/mol. The van der Waals surface area contributed by atoms with E-state index in [0.717, 1.165) is 47.0 Å². The second kappa shape index (κ2) is 7.80. The largest absolute Gasteiger partial charge is 0.365 e. The zero-order chi connectivity index (χ0) is 21.6. The third-order valence-electron chi connectivity index (χ3n) is 5.70. The predicted octanol–water partition coefficient (Wildman–Crippen LogP) is 4.71. The molecule has 7 nitrogen and oxygen atoms in total. The van der Waals surface area contributed by atoms with E-state index in [9.17, 15) is 0 Å². The third kappa shape index (κ3) is 4.00. The zero-order valence-corrected chi connectivity index (χ0v) is 19.0. The molecule has 0 aliphatic carbocycles. The van der Waals surface area contributed by atoms with E-state index in [2.05, 4.69) is 35.6 Å². The highest BCUT2D eigenvalue weighted by molar-refractivity contribution is 6.30. The summed E-state index contributed by atoms with van der Waals surface area (Å²) in [4.78, 5) is 17.0. The van der Waals surface area contributed by atoms with Crippen LogP contribution < -0.4 is 5.32 Å². The van der Waals surface area contributed by atoms with Gasteiger partial charge in [0.1, 0.15) is 17.8 Å². The molecule has 0 unspecified atom stereocenters. The molecule has 3 aromatic heterocycles. The number of hydrogen-bond donors (Lipinski definition) is 1. The number of nitrogens with one attached hydrogen (secondary N) is 1. The number of nitrogens with zero attached hydrogens (tertiary/aromatic N) is 6. The van der Waals surface area contributed by atoms with Gasteiger partial charge in [0, 0.05) is 29.2 Å². The number of likely N-dealkylation sites (tertiary alicyclic amines) is 1. The Labute approximate surface area is 187 Å². The zero-order valence-electron chi connectivity index (χ0n) is 18.3. The number of aromatic nitrogens is 5. The van der Waals surface area contributed by atoms with Gasteiger partial charge in [0.25, 0.3) is 0 Å². The van der Waals surface area contributed by atoms with E-state index in [0.29, 0.717) is 5.02 Å². The first kappa shape index (κ1) is 20.3. The molecule has 0 bridgehead atoms. The first-order chi connectivity index (χ1) is 14.9. The second-order valence-electron chi connectivity index (χ2n) is 9.29. The molecule has 1 saturated heterocycles. The fraction of sp³-hybridized carbons (Fsp3) is 0.435. The lowest BCUT2D eigenvalue weighted by Gasteiger charge is -2.22. The third-order valence-corrected chi connectivity index (χ3v) is 5.95. The van der Waals surface area contributed by atoms with Crippen LogP contribution in [0.25, 0.3) is 28.1 Å². The van der Waals surface area contributed by atoms with E-state index < -0.39 is 0 Å². The average Bonchev–Trinajstić information content (AvgIpc) is 3.45. The summed E-state index contributed by atoms with van der Waals surface area (Å²) in [5.74, 6) is 0.908. The van der Waals surface area contributed by atoms with Gasteiger partial charge in [-0.25, -0.2) is 15.0 Å². The van der Waals surface area contributed by atoms with Crippen LogP contribution in [-0.4, -0.2) is 54.0 Å². The number of anilines is 1. The molecule has 8 heteroatoms. The molecular formula is C23H28ClN7. The van der Waals surface area contributed by atoms with Gasteiger partial charge in [-0.1, -0.05) is 23.7 Å². The molecule has 1 aromatic carbocycles. The molecule has 5 rings (SSSR count). The standard InChI is InChI=1S/C23H28ClN7/c1-23(2,3)28-22-18(16-6-8-17(24)9-7-16)27-21-19-20(26-15-31(21)22)30(14-25-19)13-12-29-10-4-5-11-29/h6-9,14-15,28H,4-5,10-13H2,1-3H3. The van der Waals surface area contributed by atoms with Crippen molar-refractivity contribution in [1.82, 2.24) is 28.8 Å². The van der Waals surface area contributed by atoms with Crippen LogP contribution in [0, 0.1) is 0 Å². The van der Waals surface area contributed by atoms with Gasteiger partial charge in [0.2, 0.25) is 0 Å². The smallest absolute Gasteiger partial charge is 0.170 e. The minimum atomic E-state index is -0.138. The van der Waals surface area contributed by atoms with Gasteiger partial charge in [-0.3, -0.25) is 4.40 Å². The van der Waals surface area contributed by atoms with Crippen molar-refractivity contribution in [2.75, 3.05) is 25.0 Å². The van der Waals surface area contributed by atoms with Crippen LogP contribution in [0.3, 0.4) is 0 Å². The molecule has 1 aliphatic rings. The van der Waals surface area contributed by atoms with E-state index in [-0.39, 0.29) is 5.54 Å². The molecule has 1 aliphatic heterocycles. The number of halogens is 1. The molecule has 0 saturated carbocycles. The summed E-state index contributed by atoms with van der Waals surface area (Å²) in [7, 11) is 0. The van der Waals surface area contributed by atoms with Crippen molar-refractivity contribution in [3.05, 3.63) is 41.9 Å². The van der Waals surface area contributed by atoms with Gasteiger partial charge in [-0.15, -0.1) is 0 Å². The van der Waals surface area contributed by atoms with Gasteiger partial charge in [0.15, 0.2) is 16.8 Å². The lowest BCUT2D eigenvalue weighted by atomic mass is 10.1. The minimum absolute atomic E-state index is 0.138. The highest BCUT2D eigenvalue weighted by Gasteiger charge is 2.22. The van der Waals surface area contributed by atoms with E-state index in [4.69, 9.17) is 26.6 Å². The summed E-state index contributed by atoms with van der Waals surface area (Å²) >= 11 is 6.11. The van der Waals surface area contributed by atoms with E-state index in [1.165, 1.54) is 25.9 Å². The second-order valence-corrected chi connectivity index (χ2v) is 9.72. The van der Waals surface area contributed by atoms with Crippen molar-refractivity contribution >= 4 is 34.2 Å². The molecule has 0 atom stereocenters. The minimum Gasteiger partial charge on any atom is -0.365 e. The van der Waals surface area contributed by atoms with Crippen molar-refractivity contribution < 1.29 is 0 Å². The molecule has 4 aromatic rings. The molecule has 0 amide bonds. The maximum atomic E-state index is 6.11. The highest BCUT2D eigenvalue weighted by atomic mass is 35.5. The Morgan fingerprint density at radius 2 is 1.71 bits per heavy atom. The van der Waals surface area contributed by atoms with E-state index >= 15 is 0 Å². The van der Waals surface area contributed by atoms with Gasteiger partial charge >= 0.3 is 0 Å². The number of fused-ring (bicyclic) bond motifs is 3. The highest BCUT2D eigenvalue weighted by Crippen LogP contribution is 2.33. The van der Waals surface area contributed by atoms with Crippen LogP contribution in [0.5, 0.6) is 0 Å². The van der Waals surface area contributed by atoms with Crippen LogP contribution >= 0.6 is 11.6 Å². The summed E-state index contributed by atoms with van der Waals surface area (Å²) < 4.78 is 4.15. The summed E-state index contributed by atoms with van der Waals surface area (Å²) in [6.07, 6.45) is 6.34. The Morgan fingerprint density at radius 3 is 2.42 bits per heavy atom. The summed E-state index contributed by atoms with van der Waals surface area (Å²) in [5.41, 5.74) is 4.24. The fourth-order valence-corrected chi connectivity index (χ4v) is 4.32. The Hall–Kier alpha value is -2.64. The van der Waals surface area contributed by atoms with Crippen LogP contribution in [0.1, 0.15) is 33.6 Å². The first-order valence-corrected chi connectivity index (χ1v) is 11.3. The maximum Gasteiger partial charge on any atom is 0.170 e. The van der Waals surface area contributed by atoms with Gasteiger partial charge in [-0.2, -0.15) is 0 Å². The predicted molar refractivity (Wildman–Crippen MR) is 126 cm³/mol. The van der Waals surface area contributed by atoms with Crippen LogP contribution in [0.15, 0.2) is 36.9 Å². The van der Waals surface area contributed by atoms with Gasteiger partial charge in [-0.05, 0) is 58.8 Å². The molecule has 1 fully saturated rings. The topological polar surface area (TPSA) is 63.3 Å². The number of hydrogen-bond acceptors (Lipinski definition) is 5. The first-order valence-electron chi connectivity index (χ1n) is 10.9. The maximum absolute atomic E-state index is 6.11. The number of imidazole rings is 2. The quantitative estimate of drug-likeness (QED) is 0.490. The fourth-order valence-electron chi connectivity index (χ4n) is 4.20. The molecular weight excluding hydrogens is 410 g/mol. The summed E-state index contributed by atoms with van der Waals surface area (Å²) in [5, 5.41) is 4.31. The van der Waals surface area contributed by atoms with Crippen molar-refractivity contribution in [2.24, 2.45) is 0 Å². The summed E-state index contributed by atoms with van der Waals surface area (Å²) in [6, 6.07) is 7.78. The molecule has 0 radical (unpaired) electrons. The molecule has 1 N–H and O–H groups in total. The number of rotatable bonds is 5. The van der Waals surface area contributed by atoms with Gasteiger partial charge in [0.05, 0.1) is 6.33 Å². The molecule has 31 heavy (non-hydrogen) atoms. The van der Waals surface area contributed by atoms with Crippen LogP contribution in [-0.2, 0) is 6.54 Å². The van der Waals surface area contributed by atoms with Crippen molar-refractivity contribution in [3.8, 4) is 11.3 Å². The molecule has 4 heterocycles. The van der Waals surface area contributed by atoms with Crippen molar-refractivity contribution in [3.63, 3.8) is 0 Å². The lowest BCUT2D eigenvalue weighted by Crippen LogP contribution is -2.27. The van der Waals surface area contributed by atoms with Crippen molar-refractivity contribution in [1.29, 1.82) is 0 Å². The normalized spacial score (nSPS) is 15.4. The van der Waals surface area contributed by atoms with Crippen LogP contribution in [0.4, 0.5) is 5.82 Å². The molecule has 162 valence electrons. The molecule has 0 spiro atoms. The number of benzene rings is 1. The monoisotopic (exact) mass is 437 g/mol. The van der Waals surface area contributed by atoms with Crippen molar-refractivity contribution in [2.45, 2.75) is 45.7 Å². The summed E-state index contributed by atoms with van der Waals surface area (Å²) in [6.45, 7) is 10.7. The lowest BCUT2D eigenvalue weighted by molar-refractivity contribution is 0.324. The Kier molecular flexibility index (Phi) is 5.10. The van der Waals surface area contributed by atoms with Gasteiger partial charge < -0.3 is 14.8 Å². The van der Waals surface area contributed by atoms with E-state index in [1.54, 1.807) is 0 Å². The van der Waals surface area contributed by atoms with E-state index in [1.807, 2.05) is 41.3 Å². The SMILES string of the molecule is CC(C)(C)Nc1c(-c2ccc(Cl)cc2)nc2c3ncn(CCN4CCCC4)c3ncn12. The Bertz CT molecular complexity index is 1210. The Balaban J connectivity index is 1.60.